The molecule has 0 saturated carbocycles. The Balaban J connectivity index is 1.76. The Kier molecular flexibility index (Phi) is 11.1. The Morgan fingerprint density at radius 1 is 1.11 bits per heavy atom. The van der Waals surface area contributed by atoms with Crippen LogP contribution in [0.1, 0.15) is 55.6 Å². The molecule has 1 aromatic heterocycles. The number of rotatable bonds is 6. The summed E-state index contributed by atoms with van der Waals surface area (Å²) in [5.74, 6) is -0.914. The average molecular weight is 524 g/mol. The van der Waals surface area contributed by atoms with E-state index in [0.29, 0.717) is 38.1 Å². The zero-order valence-corrected chi connectivity index (χ0v) is 22.0. The molecule has 0 unspecified atom stereocenters. The zero-order chi connectivity index (χ0) is 27.3. The molecule has 204 valence electrons. The molecule has 2 atom stereocenters. The van der Waals surface area contributed by atoms with Crippen molar-refractivity contribution in [1.29, 1.82) is 0 Å². The van der Waals surface area contributed by atoms with Crippen LogP contribution in [0.2, 0.25) is 0 Å². The molecule has 0 bridgehead atoms. The third kappa shape index (κ3) is 9.17. The molecule has 3 rings (SSSR count). The fourth-order valence-corrected chi connectivity index (χ4v) is 4.10. The maximum absolute atomic E-state index is 13.2. The summed E-state index contributed by atoms with van der Waals surface area (Å²) in [5.41, 5.74) is 1.12. The monoisotopic (exact) mass is 523 g/mol. The van der Waals surface area contributed by atoms with Crippen LogP contribution in [0.25, 0.3) is 0 Å². The number of pyridine rings is 1. The lowest BCUT2D eigenvalue weighted by molar-refractivity contribution is -0.129. The van der Waals surface area contributed by atoms with E-state index in [-0.39, 0.29) is 42.7 Å². The molecule has 1 aliphatic rings. The minimum Gasteiger partial charge on any atom is -0.493 e. The Morgan fingerprint density at radius 2 is 1.89 bits per heavy atom. The molecule has 0 radical (unpaired) electrons. The Labute approximate surface area is 223 Å². The van der Waals surface area contributed by atoms with Crippen LogP contribution in [0.5, 0.6) is 5.75 Å². The van der Waals surface area contributed by atoms with Gasteiger partial charge in [-0.2, -0.15) is 0 Å². The Bertz CT molecular complexity index is 1090. The minimum absolute atomic E-state index is 0.0430. The van der Waals surface area contributed by atoms with E-state index in [1.165, 1.54) is 0 Å². The summed E-state index contributed by atoms with van der Waals surface area (Å²) in [4.78, 5) is 56.0. The summed E-state index contributed by atoms with van der Waals surface area (Å²) in [6.45, 7) is 4.93. The number of hydrogen-bond acceptors (Lipinski definition) is 6. The van der Waals surface area contributed by atoms with E-state index in [4.69, 9.17) is 4.74 Å². The second kappa shape index (κ2) is 14.7. The molecule has 1 aromatic carbocycles. The number of carbonyl (C=O) groups is 4. The second-order valence-corrected chi connectivity index (χ2v) is 9.67. The van der Waals surface area contributed by atoms with Crippen molar-refractivity contribution in [2.75, 3.05) is 19.7 Å². The number of benzene rings is 1. The largest absolute Gasteiger partial charge is 0.493 e. The van der Waals surface area contributed by atoms with Crippen molar-refractivity contribution >= 4 is 23.6 Å². The average Bonchev–Trinajstić information content (AvgIpc) is 2.90. The summed E-state index contributed by atoms with van der Waals surface area (Å²) >= 11 is 0. The fraction of sp³-hybridized carbons (Fsp3) is 0.464. The summed E-state index contributed by atoms with van der Waals surface area (Å²) < 4.78 is 5.82. The van der Waals surface area contributed by atoms with Gasteiger partial charge in [0.05, 0.1) is 12.2 Å². The molecule has 2 aromatic rings. The van der Waals surface area contributed by atoms with Crippen LogP contribution < -0.4 is 26.0 Å². The van der Waals surface area contributed by atoms with Gasteiger partial charge < -0.3 is 26.0 Å². The van der Waals surface area contributed by atoms with Crippen molar-refractivity contribution in [3.63, 3.8) is 0 Å². The number of para-hydroxylation sites is 1. The van der Waals surface area contributed by atoms with Crippen LogP contribution in [0, 0.1) is 5.92 Å². The molecule has 4 amide bonds. The van der Waals surface area contributed by atoms with E-state index in [9.17, 15) is 19.2 Å². The maximum Gasteiger partial charge on any atom is 0.255 e. The van der Waals surface area contributed by atoms with Gasteiger partial charge in [-0.15, -0.1) is 0 Å². The number of aromatic nitrogens is 1. The standard InChI is InChI=1S/C28H37N5O5/c1-19(2)18-23-28(37)30-15-7-17-38-24-10-4-3-9-21(24)26(35)33-22(11-12-25(34)32-23)27(36)31-16-13-20-8-5-6-14-29-20/h3-6,8-10,14,19,22-23H,7,11-13,15-18H2,1-2H3,(H,30,37)(H,31,36)(H,32,34)(H,33,35)/t22-,23+/m0/s1. The van der Waals surface area contributed by atoms with Gasteiger partial charge >= 0.3 is 0 Å². The van der Waals surface area contributed by atoms with Crippen LogP contribution in [0.4, 0.5) is 0 Å². The summed E-state index contributed by atoms with van der Waals surface area (Å²) in [7, 11) is 0. The molecule has 0 aliphatic carbocycles. The summed E-state index contributed by atoms with van der Waals surface area (Å²) in [6, 6.07) is 10.7. The van der Waals surface area contributed by atoms with Gasteiger partial charge in [0, 0.05) is 37.8 Å². The number of fused-ring (bicyclic) bond motifs is 1. The minimum atomic E-state index is -0.963. The zero-order valence-electron chi connectivity index (χ0n) is 22.0. The SMILES string of the molecule is CC(C)C[C@H]1NC(=O)CC[C@@H](C(=O)NCCc2ccccn2)NC(=O)c2ccccc2OCCCNC1=O. The van der Waals surface area contributed by atoms with Crippen LogP contribution in [0.15, 0.2) is 48.7 Å². The van der Waals surface area contributed by atoms with Gasteiger partial charge in [0.15, 0.2) is 0 Å². The highest BCUT2D eigenvalue weighted by atomic mass is 16.5. The first-order chi connectivity index (χ1) is 18.3. The molecule has 2 heterocycles. The molecule has 10 heteroatoms. The third-order valence-corrected chi connectivity index (χ3v) is 6.06. The Hall–Kier alpha value is -3.95. The molecule has 0 spiro atoms. The molecule has 38 heavy (non-hydrogen) atoms. The van der Waals surface area contributed by atoms with Gasteiger partial charge in [-0.1, -0.05) is 32.0 Å². The lowest BCUT2D eigenvalue weighted by Crippen LogP contribution is -2.50. The number of nitrogens with zero attached hydrogens (tertiary/aromatic N) is 1. The first-order valence-electron chi connectivity index (χ1n) is 13.1. The van der Waals surface area contributed by atoms with Crippen molar-refractivity contribution < 1.29 is 23.9 Å². The normalized spacial score (nSPS) is 19.4. The third-order valence-electron chi connectivity index (χ3n) is 6.06. The topological polar surface area (TPSA) is 139 Å². The fourth-order valence-electron chi connectivity index (χ4n) is 4.10. The van der Waals surface area contributed by atoms with Crippen molar-refractivity contribution in [1.82, 2.24) is 26.3 Å². The van der Waals surface area contributed by atoms with Crippen LogP contribution >= 0.6 is 0 Å². The molecule has 0 saturated heterocycles. The summed E-state index contributed by atoms with van der Waals surface area (Å²) in [6.07, 6.45) is 3.23. The first kappa shape index (κ1) is 28.6. The predicted octanol–water partition coefficient (Wildman–Crippen LogP) is 1.75. The molecule has 0 fully saturated rings. The van der Waals surface area contributed by atoms with Gasteiger partial charge in [0.1, 0.15) is 17.8 Å². The number of carbonyl (C=O) groups excluding carboxylic acids is 4. The van der Waals surface area contributed by atoms with Crippen molar-refractivity contribution in [3.8, 4) is 5.75 Å². The summed E-state index contributed by atoms with van der Waals surface area (Å²) in [5, 5.41) is 11.3. The van der Waals surface area contributed by atoms with Crippen LogP contribution in [-0.2, 0) is 20.8 Å². The van der Waals surface area contributed by atoms with Gasteiger partial charge in [-0.3, -0.25) is 24.2 Å². The predicted molar refractivity (Wildman–Crippen MR) is 142 cm³/mol. The van der Waals surface area contributed by atoms with E-state index in [0.717, 1.165) is 5.69 Å². The highest BCUT2D eigenvalue weighted by Crippen LogP contribution is 2.19. The van der Waals surface area contributed by atoms with Crippen molar-refractivity contribution in [2.45, 2.75) is 58.0 Å². The van der Waals surface area contributed by atoms with Gasteiger partial charge in [-0.05, 0) is 49.4 Å². The van der Waals surface area contributed by atoms with Gasteiger partial charge in [-0.25, -0.2) is 0 Å². The van der Waals surface area contributed by atoms with E-state index >= 15 is 0 Å². The van der Waals surface area contributed by atoms with Gasteiger partial charge in [0.2, 0.25) is 17.7 Å². The number of nitrogens with one attached hydrogen (secondary N) is 4. The lowest BCUT2D eigenvalue weighted by Gasteiger charge is -2.22. The number of amides is 4. The van der Waals surface area contributed by atoms with E-state index in [2.05, 4.69) is 26.3 Å². The smallest absolute Gasteiger partial charge is 0.255 e. The van der Waals surface area contributed by atoms with Gasteiger partial charge in [0.25, 0.3) is 5.91 Å². The maximum atomic E-state index is 13.2. The van der Waals surface area contributed by atoms with Crippen molar-refractivity contribution in [2.24, 2.45) is 5.92 Å². The molecule has 1 aliphatic heterocycles. The highest BCUT2D eigenvalue weighted by molar-refractivity contribution is 5.99. The first-order valence-corrected chi connectivity index (χ1v) is 13.1. The molecular formula is C28H37N5O5. The molecule has 10 nitrogen and oxygen atoms in total. The van der Waals surface area contributed by atoms with E-state index in [1.54, 1.807) is 30.5 Å². The second-order valence-electron chi connectivity index (χ2n) is 9.67. The van der Waals surface area contributed by atoms with E-state index in [1.807, 2.05) is 32.0 Å². The van der Waals surface area contributed by atoms with E-state index < -0.39 is 23.9 Å². The molecule has 4 N–H and O–H groups in total. The van der Waals surface area contributed by atoms with Crippen LogP contribution in [0.3, 0.4) is 0 Å². The Morgan fingerprint density at radius 3 is 2.66 bits per heavy atom. The quantitative estimate of drug-likeness (QED) is 0.455. The lowest BCUT2D eigenvalue weighted by atomic mass is 10.0. The van der Waals surface area contributed by atoms with Crippen molar-refractivity contribution in [3.05, 3.63) is 59.9 Å². The van der Waals surface area contributed by atoms with Crippen LogP contribution in [-0.4, -0.2) is 60.4 Å². The number of hydrogen-bond donors (Lipinski definition) is 4. The molecular weight excluding hydrogens is 486 g/mol. The highest BCUT2D eigenvalue weighted by Gasteiger charge is 2.26. The number of ether oxygens (including phenoxy) is 1.